The van der Waals surface area contributed by atoms with Crippen LogP contribution >= 0.6 is 15.9 Å². The molecule has 226 valence electrons. The number of anilines is 1. The van der Waals surface area contributed by atoms with Crippen molar-refractivity contribution in [1.82, 2.24) is 10.2 Å². The van der Waals surface area contributed by atoms with Crippen LogP contribution in [0, 0.1) is 0 Å². The van der Waals surface area contributed by atoms with Crippen molar-refractivity contribution in [1.29, 1.82) is 0 Å². The number of nitrogens with zero attached hydrogens (tertiary/aromatic N) is 2. The molecule has 4 rings (SSSR count). The van der Waals surface area contributed by atoms with Gasteiger partial charge in [0.2, 0.25) is 0 Å². The molecule has 2 aliphatic heterocycles. The van der Waals surface area contributed by atoms with Gasteiger partial charge in [0.05, 0.1) is 30.3 Å². The first-order valence-electron chi connectivity index (χ1n) is 11.5. The Morgan fingerprint density at radius 2 is 1.62 bits per heavy atom. The first-order chi connectivity index (χ1) is 17.7. The molecule has 0 aromatic heterocycles. The van der Waals surface area contributed by atoms with Crippen molar-refractivity contribution in [2.45, 2.75) is 16.4 Å². The molecule has 0 spiro atoms. The van der Waals surface area contributed by atoms with Gasteiger partial charge in [-0.2, -0.15) is 16.8 Å². The zero-order valence-electron chi connectivity index (χ0n) is 21.3. The van der Waals surface area contributed by atoms with Crippen LogP contribution < -0.4 is 14.4 Å². The number of nitrogens with one attached hydrogen (secondary N) is 1. The van der Waals surface area contributed by atoms with Gasteiger partial charge in [0.25, 0.3) is 30.3 Å². The molecule has 1 fully saturated rings. The van der Waals surface area contributed by atoms with Crippen LogP contribution in [0.2, 0.25) is 0 Å². The fourth-order valence-electron chi connectivity index (χ4n) is 5.29. The van der Waals surface area contributed by atoms with Gasteiger partial charge in [-0.05, 0) is 51.8 Å². The van der Waals surface area contributed by atoms with E-state index in [1.807, 2.05) is 4.90 Å². The van der Waals surface area contributed by atoms with E-state index < -0.39 is 53.2 Å². The van der Waals surface area contributed by atoms with E-state index in [0.717, 1.165) is 4.31 Å². The molecule has 7 N–H and O–H groups in total. The summed E-state index contributed by atoms with van der Waals surface area (Å²) in [7, 11) is -12.8. The maximum absolute atomic E-state index is 14.2. The van der Waals surface area contributed by atoms with Gasteiger partial charge in [0.15, 0.2) is 0 Å². The standard InChI is InChI=1S/C22H28BrN3O9S3.2H2O/c1-35-16-6-7-19-17(12-16)22(15-37(30,31)32,14-25-10-8-24-9-11-25)21(13-36(27,28)29)26(19)38(33,34)20-5-3-2-4-18(20)23;;/h2-7,12,21,24H,8-11,13-15H2,1H3,(H,27,28,29)(H,30,31,32);2*1H2. The highest BCUT2D eigenvalue weighted by Gasteiger charge is 2.58. The zero-order valence-corrected chi connectivity index (χ0v) is 25.4. The van der Waals surface area contributed by atoms with Crippen LogP contribution in [0.3, 0.4) is 0 Å². The number of benzene rings is 2. The lowest BCUT2D eigenvalue weighted by molar-refractivity contribution is 0.185. The first kappa shape index (κ1) is 34.3. The number of methoxy groups -OCH3 is 1. The normalized spacial score (nSPS) is 21.7. The predicted octanol–water partition coefficient (Wildman–Crippen LogP) is -0.696. The topological polar surface area (TPSA) is 234 Å². The zero-order chi connectivity index (χ0) is 27.9. The largest absolute Gasteiger partial charge is 0.497 e. The molecule has 14 nitrogen and oxygen atoms in total. The van der Waals surface area contributed by atoms with Gasteiger partial charge in [0.1, 0.15) is 10.6 Å². The van der Waals surface area contributed by atoms with Crippen molar-refractivity contribution in [3.05, 3.63) is 52.5 Å². The average molecular weight is 691 g/mol. The minimum atomic E-state index is -4.85. The van der Waals surface area contributed by atoms with Crippen molar-refractivity contribution < 1.29 is 50.0 Å². The lowest BCUT2D eigenvalue weighted by atomic mass is 9.78. The third-order valence-corrected chi connectivity index (χ3v) is 11.2. The van der Waals surface area contributed by atoms with Gasteiger partial charge < -0.3 is 21.0 Å². The number of sulfonamides is 1. The van der Waals surface area contributed by atoms with E-state index in [0.29, 0.717) is 26.2 Å². The molecular formula is C22H32BrN3O11S3. The third-order valence-electron chi connectivity index (χ3n) is 6.80. The molecule has 0 radical (unpaired) electrons. The van der Waals surface area contributed by atoms with Crippen LogP contribution in [0.4, 0.5) is 5.69 Å². The second kappa shape index (κ2) is 12.6. The molecule has 18 heteroatoms. The van der Waals surface area contributed by atoms with E-state index in [1.165, 1.54) is 43.5 Å². The molecule has 2 heterocycles. The number of hydrogen-bond donors (Lipinski definition) is 3. The highest BCUT2D eigenvalue weighted by Crippen LogP contribution is 2.51. The van der Waals surface area contributed by atoms with E-state index in [1.54, 1.807) is 6.07 Å². The highest BCUT2D eigenvalue weighted by atomic mass is 79.9. The molecule has 2 aliphatic rings. The van der Waals surface area contributed by atoms with Gasteiger partial charge in [-0.3, -0.25) is 18.3 Å². The van der Waals surface area contributed by atoms with Crippen LogP contribution in [-0.4, -0.2) is 108 Å². The SMILES string of the molecule is COc1ccc2c(c1)C(CN1CCNCC1)(CS(=O)(=O)O)C(CS(=O)(=O)O)N2S(=O)(=O)c1ccccc1Br.O.O. The summed E-state index contributed by atoms with van der Waals surface area (Å²) in [5.41, 5.74) is -1.61. The molecule has 2 unspecified atom stereocenters. The monoisotopic (exact) mass is 689 g/mol. The van der Waals surface area contributed by atoms with E-state index in [-0.39, 0.29) is 43.9 Å². The number of piperazine rings is 1. The third kappa shape index (κ3) is 6.94. The fourth-order valence-corrected chi connectivity index (χ4v) is 10.0. The Kier molecular flexibility index (Phi) is 10.8. The van der Waals surface area contributed by atoms with Gasteiger partial charge in [0, 0.05) is 42.6 Å². The Morgan fingerprint density at radius 3 is 2.17 bits per heavy atom. The number of ether oxygens (including phenoxy) is 1. The number of rotatable bonds is 9. The molecule has 0 saturated carbocycles. The van der Waals surface area contributed by atoms with E-state index in [9.17, 15) is 34.4 Å². The average Bonchev–Trinajstić information content (AvgIpc) is 3.06. The smallest absolute Gasteiger partial charge is 0.266 e. The minimum absolute atomic E-state index is 0. The molecule has 1 saturated heterocycles. The molecule has 0 bridgehead atoms. The quantitative estimate of drug-likeness (QED) is 0.279. The Hall–Kier alpha value is -1.87. The summed E-state index contributed by atoms with van der Waals surface area (Å²) in [4.78, 5) is 1.68. The summed E-state index contributed by atoms with van der Waals surface area (Å²) in [5.74, 6) is -1.84. The molecule has 2 atom stereocenters. The van der Waals surface area contributed by atoms with Gasteiger partial charge in [-0.15, -0.1) is 0 Å². The molecule has 2 aromatic carbocycles. The number of halogens is 1. The first-order valence-corrected chi connectivity index (χ1v) is 16.9. The second-order valence-corrected chi connectivity index (χ2v) is 14.9. The summed E-state index contributed by atoms with van der Waals surface area (Å²) in [6.07, 6.45) is 0. The van der Waals surface area contributed by atoms with Crippen LogP contribution in [0.25, 0.3) is 0 Å². The van der Waals surface area contributed by atoms with Crippen molar-refractivity contribution in [3.8, 4) is 5.75 Å². The summed E-state index contributed by atoms with van der Waals surface area (Å²) < 4.78 is 105. The van der Waals surface area contributed by atoms with E-state index in [4.69, 9.17) is 4.74 Å². The summed E-state index contributed by atoms with van der Waals surface area (Å²) in [6.45, 7) is 1.94. The van der Waals surface area contributed by atoms with Crippen molar-refractivity contribution in [2.24, 2.45) is 0 Å². The predicted molar refractivity (Wildman–Crippen MR) is 152 cm³/mol. The summed E-state index contributed by atoms with van der Waals surface area (Å²) in [5, 5.41) is 3.17. The number of hydrogen-bond acceptors (Lipinski definition) is 9. The van der Waals surface area contributed by atoms with Crippen LogP contribution in [-0.2, 0) is 35.7 Å². The molecular weight excluding hydrogens is 658 g/mol. The Balaban J connectivity index is 0.00000280. The van der Waals surface area contributed by atoms with Crippen molar-refractivity contribution in [2.75, 3.05) is 55.6 Å². The highest BCUT2D eigenvalue weighted by molar-refractivity contribution is 9.10. The number of fused-ring (bicyclic) bond motifs is 1. The van der Waals surface area contributed by atoms with Gasteiger partial charge in [-0.25, -0.2) is 8.42 Å². The van der Waals surface area contributed by atoms with E-state index in [2.05, 4.69) is 21.2 Å². The fraction of sp³-hybridized carbons (Fsp3) is 0.455. The van der Waals surface area contributed by atoms with Crippen LogP contribution in [0.15, 0.2) is 51.8 Å². The lowest BCUT2D eigenvalue weighted by Crippen LogP contribution is -2.60. The molecule has 0 amide bonds. The maximum Gasteiger partial charge on any atom is 0.266 e. The van der Waals surface area contributed by atoms with Gasteiger partial charge in [-0.1, -0.05) is 12.1 Å². The van der Waals surface area contributed by atoms with Crippen molar-refractivity contribution in [3.63, 3.8) is 0 Å². The van der Waals surface area contributed by atoms with Crippen molar-refractivity contribution >= 4 is 51.9 Å². The lowest BCUT2D eigenvalue weighted by Gasteiger charge is -2.42. The van der Waals surface area contributed by atoms with Crippen LogP contribution in [0.5, 0.6) is 5.75 Å². The Bertz CT molecular complexity index is 1530. The second-order valence-electron chi connectivity index (χ2n) is 9.29. The Labute approximate surface area is 241 Å². The molecule has 40 heavy (non-hydrogen) atoms. The molecule has 2 aromatic rings. The summed E-state index contributed by atoms with van der Waals surface area (Å²) in [6, 6.07) is 8.63. The Morgan fingerprint density at radius 1 is 1.00 bits per heavy atom. The minimum Gasteiger partial charge on any atom is -0.497 e. The van der Waals surface area contributed by atoms with Gasteiger partial charge >= 0.3 is 0 Å². The summed E-state index contributed by atoms with van der Waals surface area (Å²) >= 11 is 3.24. The molecule has 0 aliphatic carbocycles. The maximum atomic E-state index is 14.2. The van der Waals surface area contributed by atoms with Crippen LogP contribution in [0.1, 0.15) is 5.56 Å². The van der Waals surface area contributed by atoms with E-state index >= 15 is 0 Å².